The van der Waals surface area contributed by atoms with Crippen LogP contribution in [0.3, 0.4) is 0 Å². The summed E-state index contributed by atoms with van der Waals surface area (Å²) in [4.78, 5) is 11.8. The molecule has 1 fully saturated rings. The molecule has 0 radical (unpaired) electrons. The van der Waals surface area contributed by atoms with Crippen LogP contribution in [0.2, 0.25) is 0 Å². The highest BCUT2D eigenvalue weighted by molar-refractivity contribution is 5.76. The normalized spacial score (nSPS) is 17.8. The van der Waals surface area contributed by atoms with Gasteiger partial charge in [0.1, 0.15) is 5.82 Å². The molecule has 2 N–H and O–H groups in total. The van der Waals surface area contributed by atoms with Crippen LogP contribution < -0.4 is 5.32 Å². The average Bonchev–Trinajstić information content (AvgIpc) is 3.18. The minimum absolute atomic E-state index is 0.0171. The molecule has 4 heteroatoms. The maximum Gasteiger partial charge on any atom is 0.220 e. The standard InChI is InChI=1S/C15H20FNO2/c1-11(12-2-4-13(16)5-3-12)8-14(19)17-9-15(10-18)6-7-15/h2-5,11,18H,6-10H2,1H3,(H,17,19). The lowest BCUT2D eigenvalue weighted by molar-refractivity contribution is -0.121. The smallest absolute Gasteiger partial charge is 0.220 e. The fraction of sp³-hybridized carbons (Fsp3) is 0.533. The van der Waals surface area contributed by atoms with Crippen molar-refractivity contribution in [3.8, 4) is 0 Å². The predicted molar refractivity (Wildman–Crippen MR) is 71.2 cm³/mol. The number of halogens is 1. The molecule has 1 amide bonds. The van der Waals surface area contributed by atoms with E-state index in [-0.39, 0.29) is 29.7 Å². The van der Waals surface area contributed by atoms with Crippen LogP contribution in [0.5, 0.6) is 0 Å². The molecule has 0 aromatic heterocycles. The first-order chi connectivity index (χ1) is 9.04. The zero-order valence-electron chi connectivity index (χ0n) is 11.2. The molecule has 0 spiro atoms. The van der Waals surface area contributed by atoms with Crippen molar-refractivity contribution in [2.75, 3.05) is 13.2 Å². The van der Waals surface area contributed by atoms with E-state index in [1.54, 1.807) is 12.1 Å². The van der Waals surface area contributed by atoms with Gasteiger partial charge in [-0.05, 0) is 36.5 Å². The van der Waals surface area contributed by atoms with Crippen molar-refractivity contribution >= 4 is 5.91 Å². The summed E-state index contributed by atoms with van der Waals surface area (Å²) in [5.74, 6) is -0.222. The average molecular weight is 265 g/mol. The van der Waals surface area contributed by atoms with Crippen LogP contribution in [0.1, 0.15) is 37.7 Å². The molecule has 0 bridgehead atoms. The highest BCUT2D eigenvalue weighted by Gasteiger charge is 2.42. The molecule has 3 nitrogen and oxygen atoms in total. The largest absolute Gasteiger partial charge is 0.396 e. The molecular formula is C15H20FNO2. The third-order valence-electron chi connectivity index (χ3n) is 3.88. The summed E-state index contributed by atoms with van der Waals surface area (Å²) in [5, 5.41) is 12.0. The number of hydrogen-bond acceptors (Lipinski definition) is 2. The van der Waals surface area contributed by atoms with Gasteiger partial charge in [-0.3, -0.25) is 4.79 Å². The minimum Gasteiger partial charge on any atom is -0.396 e. The van der Waals surface area contributed by atoms with Crippen molar-refractivity contribution in [3.05, 3.63) is 35.6 Å². The molecule has 1 aromatic rings. The summed E-state index contributed by atoms with van der Waals surface area (Å²) in [7, 11) is 0. The Balaban J connectivity index is 1.80. The molecule has 1 atom stereocenters. The van der Waals surface area contributed by atoms with Crippen LogP contribution in [0.4, 0.5) is 4.39 Å². The van der Waals surface area contributed by atoms with E-state index < -0.39 is 0 Å². The molecule has 1 aromatic carbocycles. The Morgan fingerprint density at radius 1 is 1.42 bits per heavy atom. The zero-order chi connectivity index (χ0) is 13.9. The molecular weight excluding hydrogens is 245 g/mol. The predicted octanol–water partition coefficient (Wildman–Crippen LogP) is 2.21. The van der Waals surface area contributed by atoms with Crippen LogP contribution in [-0.4, -0.2) is 24.2 Å². The molecule has 104 valence electrons. The van der Waals surface area contributed by atoms with Gasteiger partial charge in [0.15, 0.2) is 0 Å². The minimum atomic E-state index is -0.265. The lowest BCUT2D eigenvalue weighted by Crippen LogP contribution is -2.32. The number of nitrogens with one attached hydrogen (secondary N) is 1. The summed E-state index contributed by atoms with van der Waals surface area (Å²) in [6.07, 6.45) is 2.35. The fourth-order valence-corrected chi connectivity index (χ4v) is 2.11. The summed E-state index contributed by atoms with van der Waals surface area (Å²) in [5.41, 5.74) is 0.897. The van der Waals surface area contributed by atoms with Gasteiger partial charge < -0.3 is 10.4 Å². The molecule has 19 heavy (non-hydrogen) atoms. The molecule has 1 aliphatic carbocycles. The zero-order valence-corrected chi connectivity index (χ0v) is 11.2. The van der Waals surface area contributed by atoms with Crippen LogP contribution in [-0.2, 0) is 4.79 Å². The second kappa shape index (κ2) is 5.70. The van der Waals surface area contributed by atoms with Crippen LogP contribution >= 0.6 is 0 Å². The molecule has 1 unspecified atom stereocenters. The summed E-state index contributed by atoms with van der Waals surface area (Å²) in [6, 6.07) is 6.25. The van der Waals surface area contributed by atoms with Gasteiger partial charge in [0.05, 0.1) is 6.61 Å². The highest BCUT2D eigenvalue weighted by atomic mass is 19.1. The van der Waals surface area contributed by atoms with Gasteiger partial charge in [-0.25, -0.2) is 4.39 Å². The second-order valence-corrected chi connectivity index (χ2v) is 5.59. The quantitative estimate of drug-likeness (QED) is 0.828. The van der Waals surface area contributed by atoms with Crippen LogP contribution in [0.15, 0.2) is 24.3 Å². The second-order valence-electron chi connectivity index (χ2n) is 5.59. The number of carbonyl (C=O) groups is 1. The van der Waals surface area contributed by atoms with E-state index in [9.17, 15) is 9.18 Å². The van der Waals surface area contributed by atoms with Gasteiger partial charge in [-0.2, -0.15) is 0 Å². The van der Waals surface area contributed by atoms with E-state index in [0.717, 1.165) is 18.4 Å². The Labute approximate surface area is 112 Å². The van der Waals surface area contributed by atoms with Crippen LogP contribution in [0.25, 0.3) is 0 Å². The molecule has 2 rings (SSSR count). The Hall–Kier alpha value is -1.42. The van der Waals surface area contributed by atoms with Crippen molar-refractivity contribution in [2.24, 2.45) is 5.41 Å². The van der Waals surface area contributed by atoms with E-state index in [2.05, 4.69) is 5.32 Å². The molecule has 0 aliphatic heterocycles. The molecule has 1 aliphatic rings. The summed E-state index contributed by atoms with van der Waals surface area (Å²) in [6.45, 7) is 2.64. The fourth-order valence-electron chi connectivity index (χ4n) is 2.11. The maximum absolute atomic E-state index is 12.8. The first-order valence-electron chi connectivity index (χ1n) is 6.68. The number of benzene rings is 1. The number of aliphatic hydroxyl groups is 1. The number of carbonyl (C=O) groups excluding carboxylic acids is 1. The first-order valence-corrected chi connectivity index (χ1v) is 6.68. The first kappa shape index (κ1) is 14.0. The van der Waals surface area contributed by atoms with E-state index in [1.165, 1.54) is 12.1 Å². The van der Waals surface area contributed by atoms with Gasteiger partial charge in [-0.15, -0.1) is 0 Å². The molecule has 0 heterocycles. The van der Waals surface area contributed by atoms with Gasteiger partial charge in [0, 0.05) is 18.4 Å². The van der Waals surface area contributed by atoms with Gasteiger partial charge >= 0.3 is 0 Å². The Morgan fingerprint density at radius 2 is 2.05 bits per heavy atom. The summed E-state index contributed by atoms with van der Waals surface area (Å²) < 4.78 is 12.8. The van der Waals surface area contributed by atoms with Crippen molar-refractivity contribution in [1.29, 1.82) is 0 Å². The number of amides is 1. The lowest BCUT2D eigenvalue weighted by atomic mass is 9.97. The molecule has 1 saturated carbocycles. The third kappa shape index (κ3) is 3.77. The molecule has 0 saturated heterocycles. The van der Waals surface area contributed by atoms with Gasteiger partial charge in [0.2, 0.25) is 5.91 Å². The van der Waals surface area contributed by atoms with E-state index in [1.807, 2.05) is 6.92 Å². The number of aliphatic hydroxyl groups excluding tert-OH is 1. The Bertz CT molecular complexity index is 440. The van der Waals surface area contributed by atoms with E-state index in [4.69, 9.17) is 5.11 Å². The van der Waals surface area contributed by atoms with Crippen molar-refractivity contribution < 1.29 is 14.3 Å². The Morgan fingerprint density at radius 3 is 2.58 bits per heavy atom. The topological polar surface area (TPSA) is 49.3 Å². The monoisotopic (exact) mass is 265 g/mol. The van der Waals surface area contributed by atoms with Gasteiger partial charge in [0.25, 0.3) is 0 Å². The number of rotatable bonds is 6. The van der Waals surface area contributed by atoms with Crippen LogP contribution in [0, 0.1) is 11.2 Å². The van der Waals surface area contributed by atoms with Crippen molar-refractivity contribution in [2.45, 2.75) is 32.1 Å². The number of hydrogen-bond donors (Lipinski definition) is 2. The van der Waals surface area contributed by atoms with E-state index in [0.29, 0.717) is 13.0 Å². The highest BCUT2D eigenvalue weighted by Crippen LogP contribution is 2.44. The third-order valence-corrected chi connectivity index (χ3v) is 3.88. The Kier molecular flexibility index (Phi) is 4.20. The lowest BCUT2D eigenvalue weighted by Gasteiger charge is -2.15. The van der Waals surface area contributed by atoms with Crippen molar-refractivity contribution in [1.82, 2.24) is 5.32 Å². The SMILES string of the molecule is CC(CC(=O)NCC1(CO)CC1)c1ccc(F)cc1. The van der Waals surface area contributed by atoms with E-state index >= 15 is 0 Å². The summed E-state index contributed by atoms with van der Waals surface area (Å²) >= 11 is 0. The van der Waals surface area contributed by atoms with Gasteiger partial charge in [-0.1, -0.05) is 19.1 Å². The maximum atomic E-state index is 12.8. The van der Waals surface area contributed by atoms with Crippen molar-refractivity contribution in [3.63, 3.8) is 0 Å².